The van der Waals surface area contributed by atoms with E-state index in [0.29, 0.717) is 5.92 Å². The molecule has 2 aromatic carbocycles. The molecule has 0 spiro atoms. The number of halogens is 1. The number of amides is 1. The van der Waals surface area contributed by atoms with Crippen molar-refractivity contribution in [3.05, 3.63) is 71.4 Å². The van der Waals surface area contributed by atoms with Crippen LogP contribution in [0.3, 0.4) is 0 Å². The van der Waals surface area contributed by atoms with Gasteiger partial charge in [0.15, 0.2) is 17.7 Å². The molecule has 0 aliphatic heterocycles. The van der Waals surface area contributed by atoms with Gasteiger partial charge in [-0.15, -0.1) is 10.2 Å². The maximum Gasteiger partial charge on any atom is 0.277 e. The van der Waals surface area contributed by atoms with E-state index >= 15 is 0 Å². The lowest BCUT2D eigenvalue weighted by Crippen LogP contribution is -2.28. The normalized spacial score (nSPS) is 13.1. The summed E-state index contributed by atoms with van der Waals surface area (Å²) in [4.78, 5) is 12.3. The lowest BCUT2D eigenvalue weighted by atomic mass is 10.00. The minimum Gasteiger partial charge on any atom is -0.478 e. The first-order valence-electron chi connectivity index (χ1n) is 10.6. The Morgan fingerprint density at radius 1 is 1.09 bits per heavy atom. The number of nitrogens with one attached hydrogen (secondary N) is 1. The molecule has 170 valence electrons. The maximum atomic E-state index is 13.7. The Hall–Kier alpha value is -2.87. The number of aromatic nitrogens is 2. The van der Waals surface area contributed by atoms with Crippen molar-refractivity contribution in [2.45, 2.75) is 51.5 Å². The number of rotatable bonds is 10. The molecule has 0 saturated heterocycles. The molecule has 1 heterocycles. The first kappa shape index (κ1) is 23.8. The van der Waals surface area contributed by atoms with Crippen LogP contribution in [0.4, 0.5) is 4.39 Å². The van der Waals surface area contributed by atoms with Crippen LogP contribution in [0.2, 0.25) is 0 Å². The number of hydrogen-bond acceptors (Lipinski definition) is 6. The van der Waals surface area contributed by atoms with E-state index in [1.807, 2.05) is 6.92 Å². The fourth-order valence-electron chi connectivity index (χ4n) is 3.13. The molecule has 1 N–H and O–H groups in total. The number of para-hydroxylation sites is 1. The van der Waals surface area contributed by atoms with Gasteiger partial charge in [-0.1, -0.05) is 62.0 Å². The number of hydrogen-bond donors (Lipinski definition) is 1. The highest BCUT2D eigenvalue weighted by molar-refractivity contribution is 7.99. The third-order valence-electron chi connectivity index (χ3n) is 4.74. The zero-order valence-corrected chi connectivity index (χ0v) is 19.5. The summed E-state index contributed by atoms with van der Waals surface area (Å²) >= 11 is 1.14. The summed E-state index contributed by atoms with van der Waals surface area (Å²) in [6.07, 6.45) is 0.412. The minimum absolute atomic E-state index is 0.108. The van der Waals surface area contributed by atoms with Gasteiger partial charge in [0.25, 0.3) is 11.1 Å². The molecule has 3 rings (SSSR count). The van der Waals surface area contributed by atoms with E-state index in [4.69, 9.17) is 9.15 Å². The van der Waals surface area contributed by atoms with Crippen LogP contribution in [0.5, 0.6) is 5.75 Å². The predicted octanol–water partition coefficient (Wildman–Crippen LogP) is 5.52. The number of benzene rings is 2. The smallest absolute Gasteiger partial charge is 0.277 e. The molecule has 32 heavy (non-hydrogen) atoms. The lowest BCUT2D eigenvalue weighted by Gasteiger charge is -2.15. The van der Waals surface area contributed by atoms with Crippen LogP contribution in [0.1, 0.15) is 56.9 Å². The predicted molar refractivity (Wildman–Crippen MR) is 122 cm³/mol. The number of carbonyl (C=O) groups is 1. The van der Waals surface area contributed by atoms with E-state index in [1.54, 1.807) is 19.1 Å². The zero-order valence-electron chi connectivity index (χ0n) is 18.7. The highest BCUT2D eigenvalue weighted by Crippen LogP contribution is 2.25. The molecule has 6 nitrogen and oxygen atoms in total. The molecule has 3 aromatic rings. The first-order valence-corrected chi connectivity index (χ1v) is 11.6. The number of nitrogens with zero attached hydrogens (tertiary/aromatic N) is 2. The van der Waals surface area contributed by atoms with Crippen LogP contribution >= 0.6 is 11.8 Å². The monoisotopic (exact) mass is 457 g/mol. The summed E-state index contributed by atoms with van der Waals surface area (Å²) in [6.45, 7) is 8.02. The van der Waals surface area contributed by atoms with Crippen molar-refractivity contribution in [1.29, 1.82) is 0 Å². The Morgan fingerprint density at radius 2 is 1.81 bits per heavy atom. The molecule has 0 radical (unpaired) electrons. The Labute approximate surface area is 192 Å². The molecule has 1 aromatic heterocycles. The number of ether oxygens (including phenoxy) is 1. The fourth-order valence-corrected chi connectivity index (χ4v) is 3.71. The van der Waals surface area contributed by atoms with Crippen LogP contribution < -0.4 is 10.1 Å². The molecule has 8 heteroatoms. The Bertz CT molecular complexity index is 1020. The quantitative estimate of drug-likeness (QED) is 0.404. The van der Waals surface area contributed by atoms with Gasteiger partial charge in [0.2, 0.25) is 5.91 Å². The topological polar surface area (TPSA) is 77.2 Å². The van der Waals surface area contributed by atoms with Gasteiger partial charge in [-0.2, -0.15) is 0 Å². The molecular weight excluding hydrogens is 429 g/mol. The second-order valence-electron chi connectivity index (χ2n) is 8.01. The van der Waals surface area contributed by atoms with Crippen molar-refractivity contribution in [1.82, 2.24) is 15.5 Å². The van der Waals surface area contributed by atoms with Gasteiger partial charge < -0.3 is 14.5 Å². The third kappa shape index (κ3) is 6.82. The number of carbonyl (C=O) groups excluding carboxylic acids is 1. The van der Waals surface area contributed by atoms with Crippen molar-refractivity contribution >= 4 is 17.7 Å². The van der Waals surface area contributed by atoms with E-state index in [2.05, 4.69) is 53.6 Å². The second kappa shape index (κ2) is 11.1. The highest BCUT2D eigenvalue weighted by Gasteiger charge is 2.18. The Morgan fingerprint density at radius 3 is 2.50 bits per heavy atom. The summed E-state index contributed by atoms with van der Waals surface area (Å²) < 4.78 is 24.8. The molecule has 2 atom stereocenters. The van der Waals surface area contributed by atoms with Gasteiger partial charge in [0, 0.05) is 0 Å². The van der Waals surface area contributed by atoms with E-state index in [9.17, 15) is 9.18 Å². The summed E-state index contributed by atoms with van der Waals surface area (Å²) in [7, 11) is 0. The van der Waals surface area contributed by atoms with Gasteiger partial charge in [0.05, 0.1) is 11.8 Å². The molecule has 0 bridgehead atoms. The van der Waals surface area contributed by atoms with Crippen LogP contribution in [0.25, 0.3) is 0 Å². The zero-order chi connectivity index (χ0) is 23.1. The Balaban J connectivity index is 1.48. The molecule has 2 unspecified atom stereocenters. The molecule has 0 saturated carbocycles. The second-order valence-corrected chi connectivity index (χ2v) is 8.94. The summed E-state index contributed by atoms with van der Waals surface area (Å²) in [5, 5.41) is 11.1. The minimum atomic E-state index is -0.624. The number of thioether (sulfide) groups is 1. The maximum absolute atomic E-state index is 13.7. The van der Waals surface area contributed by atoms with Crippen LogP contribution in [0, 0.1) is 11.7 Å². The standard InChI is InChI=1S/C24H28FN3O3S/c1-15(2)13-18-9-11-19(12-10-18)16(3)26-22(29)14-32-24-28-27-23(31-24)17(4)30-21-8-6-5-7-20(21)25/h5-12,15-17H,13-14H2,1-4H3,(H,26,29). The van der Waals surface area contributed by atoms with Crippen LogP contribution in [-0.2, 0) is 11.2 Å². The first-order chi connectivity index (χ1) is 15.3. The van der Waals surface area contributed by atoms with Crippen LogP contribution in [0.15, 0.2) is 58.2 Å². The van der Waals surface area contributed by atoms with Crippen LogP contribution in [-0.4, -0.2) is 21.9 Å². The van der Waals surface area contributed by atoms with Crippen molar-refractivity contribution in [3.8, 4) is 5.75 Å². The van der Waals surface area contributed by atoms with E-state index in [0.717, 1.165) is 23.7 Å². The third-order valence-corrected chi connectivity index (χ3v) is 5.56. The van der Waals surface area contributed by atoms with Crippen molar-refractivity contribution < 1.29 is 18.3 Å². The summed E-state index contributed by atoms with van der Waals surface area (Å²) in [5.41, 5.74) is 2.34. The van der Waals surface area contributed by atoms with E-state index in [1.165, 1.54) is 17.7 Å². The van der Waals surface area contributed by atoms with Gasteiger partial charge in [0.1, 0.15) is 0 Å². The molecule has 1 amide bonds. The molecule has 0 aliphatic rings. The lowest BCUT2D eigenvalue weighted by molar-refractivity contribution is -0.119. The van der Waals surface area contributed by atoms with E-state index < -0.39 is 11.9 Å². The van der Waals surface area contributed by atoms with Crippen molar-refractivity contribution in [2.24, 2.45) is 5.92 Å². The molecule has 0 aliphatic carbocycles. The van der Waals surface area contributed by atoms with Crippen molar-refractivity contribution in [2.75, 3.05) is 5.75 Å². The largest absolute Gasteiger partial charge is 0.478 e. The average Bonchev–Trinajstić information content (AvgIpc) is 3.23. The summed E-state index contributed by atoms with van der Waals surface area (Å²) in [6, 6.07) is 14.3. The fraction of sp³-hybridized carbons (Fsp3) is 0.375. The van der Waals surface area contributed by atoms with Gasteiger partial charge in [-0.25, -0.2) is 4.39 Å². The highest BCUT2D eigenvalue weighted by atomic mass is 32.2. The molecule has 0 fully saturated rings. The SMILES string of the molecule is CC(C)Cc1ccc(C(C)NC(=O)CSc2nnc(C(C)Oc3ccccc3F)o2)cc1. The summed E-state index contributed by atoms with van der Waals surface area (Å²) in [5.74, 6) is 0.469. The average molecular weight is 458 g/mol. The van der Waals surface area contributed by atoms with Gasteiger partial charge in [-0.05, 0) is 49.4 Å². The molecular formula is C24H28FN3O3S. The van der Waals surface area contributed by atoms with Gasteiger partial charge in [-0.3, -0.25) is 4.79 Å². The van der Waals surface area contributed by atoms with Gasteiger partial charge >= 0.3 is 0 Å². The van der Waals surface area contributed by atoms with Crippen molar-refractivity contribution in [3.63, 3.8) is 0 Å². The van der Waals surface area contributed by atoms with E-state index in [-0.39, 0.29) is 34.6 Å². The Kier molecular flexibility index (Phi) is 8.27.